The summed E-state index contributed by atoms with van der Waals surface area (Å²) in [6, 6.07) is 0. The molecular weight excluding hydrogens is 352 g/mol. The van der Waals surface area contributed by atoms with Gasteiger partial charge in [-0.3, -0.25) is 9.89 Å². The number of hydrogen-bond donors (Lipinski definition) is 1. The van der Waals surface area contributed by atoms with Crippen molar-refractivity contribution in [1.29, 1.82) is 0 Å². The summed E-state index contributed by atoms with van der Waals surface area (Å²) in [7, 11) is -1.26. The quantitative estimate of drug-likeness (QED) is 0.569. The summed E-state index contributed by atoms with van der Waals surface area (Å²) in [6.45, 7) is 9.40. The van der Waals surface area contributed by atoms with Crippen LogP contribution in [0, 0.1) is 0 Å². The molecule has 3 heterocycles. The number of aliphatic imine (C=N–C) groups is 1. The van der Waals surface area contributed by atoms with Gasteiger partial charge in [0.15, 0.2) is 15.8 Å². The van der Waals surface area contributed by atoms with Crippen molar-refractivity contribution < 1.29 is 13.2 Å². The SMILES string of the molecule is CN=C(NCC1(N2CCCC2)CCOCC1)N1CCS(=O)(=O)C(C)(C)C1. The topological polar surface area (TPSA) is 74.2 Å². The van der Waals surface area contributed by atoms with Gasteiger partial charge in [-0.15, -0.1) is 0 Å². The Labute approximate surface area is 158 Å². The first kappa shape index (κ1) is 19.9. The number of ether oxygens (including phenoxy) is 1. The molecule has 0 atom stereocenters. The van der Waals surface area contributed by atoms with Gasteiger partial charge in [-0.2, -0.15) is 0 Å². The maximum absolute atomic E-state index is 12.3. The predicted octanol–water partition coefficient (Wildman–Crippen LogP) is 0.716. The molecular formula is C18H34N4O3S. The molecule has 8 heteroatoms. The molecule has 0 aromatic rings. The molecule has 0 bridgehead atoms. The van der Waals surface area contributed by atoms with E-state index in [0.29, 0.717) is 13.1 Å². The summed E-state index contributed by atoms with van der Waals surface area (Å²) in [5.74, 6) is 1.00. The van der Waals surface area contributed by atoms with Crippen LogP contribution in [0.3, 0.4) is 0 Å². The van der Waals surface area contributed by atoms with Crippen LogP contribution in [0.5, 0.6) is 0 Å². The number of nitrogens with one attached hydrogen (secondary N) is 1. The first-order chi connectivity index (χ1) is 12.3. The van der Waals surface area contributed by atoms with Crippen LogP contribution < -0.4 is 5.32 Å². The summed E-state index contributed by atoms with van der Waals surface area (Å²) in [6.07, 6.45) is 4.62. The third-order valence-corrected chi connectivity index (χ3v) is 8.86. The Bertz CT molecular complexity index is 620. The van der Waals surface area contributed by atoms with Gasteiger partial charge in [0.1, 0.15) is 0 Å². The van der Waals surface area contributed by atoms with Crippen LogP contribution in [0.1, 0.15) is 39.5 Å². The van der Waals surface area contributed by atoms with Crippen molar-refractivity contribution in [3.63, 3.8) is 0 Å². The zero-order chi connectivity index (χ0) is 18.8. The van der Waals surface area contributed by atoms with Crippen LogP contribution in [0.2, 0.25) is 0 Å². The van der Waals surface area contributed by atoms with Gasteiger partial charge in [-0.05, 0) is 52.6 Å². The Kier molecular flexibility index (Phi) is 5.84. The molecule has 0 amide bonds. The Morgan fingerprint density at radius 1 is 1.15 bits per heavy atom. The number of guanidine groups is 1. The fourth-order valence-corrected chi connectivity index (χ4v) is 5.81. The van der Waals surface area contributed by atoms with Crippen molar-refractivity contribution in [3.05, 3.63) is 0 Å². The predicted molar refractivity (Wildman–Crippen MR) is 104 cm³/mol. The highest BCUT2D eigenvalue weighted by atomic mass is 32.2. The molecule has 0 unspecified atom stereocenters. The number of sulfone groups is 1. The van der Waals surface area contributed by atoms with Crippen molar-refractivity contribution in [1.82, 2.24) is 15.1 Å². The van der Waals surface area contributed by atoms with Gasteiger partial charge in [-0.1, -0.05) is 0 Å². The van der Waals surface area contributed by atoms with Gasteiger partial charge in [0.05, 0.1) is 10.5 Å². The highest BCUT2D eigenvalue weighted by molar-refractivity contribution is 7.92. The molecule has 3 fully saturated rings. The Morgan fingerprint density at radius 3 is 2.38 bits per heavy atom. The monoisotopic (exact) mass is 386 g/mol. The molecule has 3 aliphatic rings. The van der Waals surface area contributed by atoms with E-state index in [-0.39, 0.29) is 11.3 Å². The van der Waals surface area contributed by atoms with Crippen molar-refractivity contribution in [3.8, 4) is 0 Å². The van der Waals surface area contributed by atoms with E-state index in [0.717, 1.165) is 51.6 Å². The molecule has 0 radical (unpaired) electrons. The van der Waals surface area contributed by atoms with Crippen LogP contribution in [-0.2, 0) is 14.6 Å². The van der Waals surface area contributed by atoms with Gasteiger partial charge in [0, 0.05) is 45.4 Å². The standard InChI is InChI=1S/C18H34N4O3S/c1-17(2)15-21(10-13-26(17,23)24)16(19-3)20-14-18(6-11-25-12-7-18)22-8-4-5-9-22/h4-15H2,1-3H3,(H,19,20). The average Bonchev–Trinajstić information content (AvgIpc) is 3.15. The van der Waals surface area contributed by atoms with Gasteiger partial charge < -0.3 is 15.0 Å². The second-order valence-electron chi connectivity index (χ2n) is 8.43. The average molecular weight is 387 g/mol. The van der Waals surface area contributed by atoms with Crippen LogP contribution >= 0.6 is 0 Å². The zero-order valence-corrected chi connectivity index (χ0v) is 17.3. The van der Waals surface area contributed by atoms with Crippen molar-refractivity contribution in [2.75, 3.05) is 58.7 Å². The molecule has 0 saturated carbocycles. The van der Waals surface area contributed by atoms with Crippen LogP contribution in [0.15, 0.2) is 4.99 Å². The van der Waals surface area contributed by atoms with Gasteiger partial charge in [-0.25, -0.2) is 8.42 Å². The Morgan fingerprint density at radius 2 is 1.81 bits per heavy atom. The third-order valence-electron chi connectivity index (χ3n) is 6.33. The molecule has 0 aromatic heterocycles. The lowest BCUT2D eigenvalue weighted by Crippen LogP contribution is -2.61. The molecule has 0 spiro atoms. The minimum Gasteiger partial charge on any atom is -0.381 e. The fraction of sp³-hybridized carbons (Fsp3) is 0.944. The summed E-state index contributed by atoms with van der Waals surface area (Å²) in [5.41, 5.74) is 0.127. The second-order valence-corrected chi connectivity index (χ2v) is 11.2. The lowest BCUT2D eigenvalue weighted by atomic mass is 9.88. The van der Waals surface area contributed by atoms with Gasteiger partial charge in [0.25, 0.3) is 0 Å². The Balaban J connectivity index is 1.68. The highest BCUT2D eigenvalue weighted by Crippen LogP contribution is 2.31. The first-order valence-electron chi connectivity index (χ1n) is 9.80. The molecule has 3 aliphatic heterocycles. The minimum absolute atomic E-state index is 0.127. The van der Waals surface area contributed by atoms with E-state index in [1.54, 1.807) is 7.05 Å². The zero-order valence-electron chi connectivity index (χ0n) is 16.5. The van der Waals surface area contributed by atoms with Crippen molar-refractivity contribution in [2.24, 2.45) is 4.99 Å². The molecule has 150 valence electrons. The van der Waals surface area contributed by atoms with Gasteiger partial charge in [0.2, 0.25) is 0 Å². The number of likely N-dealkylation sites (tertiary alicyclic amines) is 1. The highest BCUT2D eigenvalue weighted by Gasteiger charge is 2.43. The molecule has 3 saturated heterocycles. The van der Waals surface area contributed by atoms with E-state index in [9.17, 15) is 8.42 Å². The lowest BCUT2D eigenvalue weighted by Gasteiger charge is -2.46. The van der Waals surface area contributed by atoms with E-state index in [2.05, 4.69) is 20.1 Å². The molecule has 1 N–H and O–H groups in total. The van der Waals surface area contributed by atoms with E-state index in [4.69, 9.17) is 4.74 Å². The van der Waals surface area contributed by atoms with Gasteiger partial charge >= 0.3 is 0 Å². The van der Waals surface area contributed by atoms with E-state index >= 15 is 0 Å². The van der Waals surface area contributed by atoms with E-state index < -0.39 is 14.6 Å². The Hall–Kier alpha value is -0.860. The van der Waals surface area contributed by atoms with Crippen LogP contribution in [-0.4, -0.2) is 93.2 Å². The van der Waals surface area contributed by atoms with Crippen molar-refractivity contribution >= 4 is 15.8 Å². The molecule has 0 aromatic carbocycles. The van der Waals surface area contributed by atoms with E-state index in [1.807, 2.05) is 13.8 Å². The van der Waals surface area contributed by atoms with Crippen LogP contribution in [0.4, 0.5) is 0 Å². The summed E-state index contributed by atoms with van der Waals surface area (Å²) in [5, 5.41) is 3.58. The third kappa shape index (κ3) is 3.87. The first-order valence-corrected chi connectivity index (χ1v) is 11.5. The minimum atomic E-state index is -3.05. The van der Waals surface area contributed by atoms with E-state index in [1.165, 1.54) is 12.8 Å². The summed E-state index contributed by atoms with van der Waals surface area (Å²) >= 11 is 0. The van der Waals surface area contributed by atoms with Crippen molar-refractivity contribution in [2.45, 2.75) is 49.8 Å². The smallest absolute Gasteiger partial charge is 0.193 e. The normalized spacial score (nSPS) is 28.9. The maximum Gasteiger partial charge on any atom is 0.193 e. The fourth-order valence-electron chi connectivity index (χ4n) is 4.45. The number of rotatable bonds is 3. The van der Waals surface area contributed by atoms with Crippen LogP contribution in [0.25, 0.3) is 0 Å². The largest absolute Gasteiger partial charge is 0.381 e. The molecule has 3 rings (SSSR count). The summed E-state index contributed by atoms with van der Waals surface area (Å²) < 4.78 is 29.4. The molecule has 0 aliphatic carbocycles. The number of hydrogen-bond acceptors (Lipinski definition) is 5. The lowest BCUT2D eigenvalue weighted by molar-refractivity contribution is -0.0166. The second kappa shape index (κ2) is 7.64. The molecule has 26 heavy (non-hydrogen) atoms. The number of nitrogens with zero attached hydrogens (tertiary/aromatic N) is 3. The molecule has 7 nitrogen and oxygen atoms in total. The summed E-state index contributed by atoms with van der Waals surface area (Å²) in [4.78, 5) is 9.17. The maximum atomic E-state index is 12.3.